The molecule has 1 unspecified atom stereocenters. The molecule has 0 aliphatic carbocycles. The topological polar surface area (TPSA) is 63.8 Å². The van der Waals surface area contributed by atoms with Gasteiger partial charge in [0, 0.05) is 28.8 Å². The third-order valence-corrected chi connectivity index (χ3v) is 3.26. The van der Waals surface area contributed by atoms with Crippen molar-refractivity contribution in [2.24, 2.45) is 5.84 Å². The van der Waals surface area contributed by atoms with Gasteiger partial charge in [-0.1, -0.05) is 6.07 Å². The smallest absolute Gasteiger partial charge is 0.0518 e. The minimum atomic E-state index is 0.0369. The minimum absolute atomic E-state index is 0.0369. The molecule has 0 amide bonds. The molecule has 0 fully saturated rings. The van der Waals surface area contributed by atoms with Gasteiger partial charge in [-0.3, -0.25) is 21.2 Å². The first-order valence-corrected chi connectivity index (χ1v) is 6.47. The van der Waals surface area contributed by atoms with Crippen LogP contribution < -0.4 is 11.3 Å². The molecule has 2 rings (SSSR count). The van der Waals surface area contributed by atoms with Crippen molar-refractivity contribution in [2.75, 3.05) is 0 Å². The molecule has 18 heavy (non-hydrogen) atoms. The number of nitrogens with two attached hydrogens (primary N) is 1. The SMILES string of the molecule is Cc1ncccc1C(Cc1cncc(Br)c1)NN. The first-order valence-electron chi connectivity index (χ1n) is 5.68. The lowest BCUT2D eigenvalue weighted by Gasteiger charge is -2.17. The summed E-state index contributed by atoms with van der Waals surface area (Å²) in [6.07, 6.45) is 6.17. The molecule has 0 aliphatic rings. The predicted molar refractivity (Wildman–Crippen MR) is 74.7 cm³/mol. The third-order valence-electron chi connectivity index (χ3n) is 2.83. The lowest BCUT2D eigenvalue weighted by atomic mass is 9.99. The van der Waals surface area contributed by atoms with Crippen molar-refractivity contribution >= 4 is 15.9 Å². The first-order chi connectivity index (χ1) is 8.70. The zero-order valence-electron chi connectivity index (χ0n) is 10.1. The first kappa shape index (κ1) is 13.1. The van der Waals surface area contributed by atoms with Crippen LogP contribution in [0.2, 0.25) is 0 Å². The Morgan fingerprint density at radius 1 is 1.44 bits per heavy atom. The fourth-order valence-electron chi connectivity index (χ4n) is 1.93. The number of aromatic nitrogens is 2. The van der Waals surface area contributed by atoms with Crippen molar-refractivity contribution in [1.82, 2.24) is 15.4 Å². The van der Waals surface area contributed by atoms with Crippen LogP contribution in [0.3, 0.4) is 0 Å². The quantitative estimate of drug-likeness (QED) is 0.672. The Balaban J connectivity index is 2.23. The highest BCUT2D eigenvalue weighted by atomic mass is 79.9. The van der Waals surface area contributed by atoms with E-state index in [4.69, 9.17) is 5.84 Å². The van der Waals surface area contributed by atoms with Crippen LogP contribution in [0.25, 0.3) is 0 Å². The van der Waals surface area contributed by atoms with Gasteiger partial charge in [-0.25, -0.2) is 0 Å². The summed E-state index contributed by atoms with van der Waals surface area (Å²) in [4.78, 5) is 8.44. The molecule has 1 atom stereocenters. The second-order valence-corrected chi connectivity index (χ2v) is 5.03. The van der Waals surface area contributed by atoms with Crippen molar-refractivity contribution in [3.8, 4) is 0 Å². The van der Waals surface area contributed by atoms with Gasteiger partial charge in [0.2, 0.25) is 0 Å². The van der Waals surface area contributed by atoms with Gasteiger partial charge >= 0.3 is 0 Å². The van der Waals surface area contributed by atoms with Gasteiger partial charge in [0.05, 0.1) is 6.04 Å². The normalized spacial score (nSPS) is 12.4. The second kappa shape index (κ2) is 6.04. The van der Waals surface area contributed by atoms with E-state index in [9.17, 15) is 0 Å². The molecule has 2 heterocycles. The molecule has 0 bridgehead atoms. The maximum atomic E-state index is 5.65. The van der Waals surface area contributed by atoms with Gasteiger partial charge in [0.1, 0.15) is 0 Å². The molecule has 2 aromatic heterocycles. The Hall–Kier alpha value is -1.30. The van der Waals surface area contributed by atoms with Crippen molar-refractivity contribution in [1.29, 1.82) is 0 Å². The largest absolute Gasteiger partial charge is 0.271 e. The molecule has 3 N–H and O–H groups in total. The summed E-state index contributed by atoms with van der Waals surface area (Å²) in [6.45, 7) is 1.98. The van der Waals surface area contributed by atoms with Gasteiger partial charge in [-0.05, 0) is 52.5 Å². The summed E-state index contributed by atoms with van der Waals surface area (Å²) < 4.78 is 0.971. The molecular weight excluding hydrogens is 292 g/mol. The highest BCUT2D eigenvalue weighted by molar-refractivity contribution is 9.10. The third kappa shape index (κ3) is 3.13. The van der Waals surface area contributed by atoms with E-state index in [1.165, 1.54) is 0 Å². The summed E-state index contributed by atoms with van der Waals surface area (Å²) in [5, 5.41) is 0. The summed E-state index contributed by atoms with van der Waals surface area (Å²) in [7, 11) is 0. The van der Waals surface area contributed by atoms with E-state index in [0.717, 1.165) is 27.7 Å². The maximum absolute atomic E-state index is 5.65. The van der Waals surface area contributed by atoms with Crippen molar-refractivity contribution in [2.45, 2.75) is 19.4 Å². The summed E-state index contributed by atoms with van der Waals surface area (Å²) in [5.41, 5.74) is 6.07. The molecule has 0 saturated carbocycles. The zero-order chi connectivity index (χ0) is 13.0. The number of halogens is 1. The highest BCUT2D eigenvalue weighted by Crippen LogP contribution is 2.20. The van der Waals surface area contributed by atoms with Crippen LogP contribution in [0.4, 0.5) is 0 Å². The van der Waals surface area contributed by atoms with Crippen LogP contribution in [0.1, 0.15) is 22.9 Å². The van der Waals surface area contributed by atoms with E-state index in [0.29, 0.717) is 0 Å². The molecule has 0 saturated heterocycles. The standard InChI is InChI=1S/C13H15BrN4/c1-9-12(3-2-4-17-9)13(18-15)6-10-5-11(14)8-16-7-10/h2-5,7-8,13,18H,6,15H2,1H3. The summed E-state index contributed by atoms with van der Waals surface area (Å²) in [5.74, 6) is 5.65. The number of aryl methyl sites for hydroxylation is 1. The fraction of sp³-hybridized carbons (Fsp3) is 0.231. The van der Waals surface area contributed by atoms with Crippen molar-refractivity contribution in [3.63, 3.8) is 0 Å². The predicted octanol–water partition coefficient (Wildman–Crippen LogP) is 2.29. The summed E-state index contributed by atoms with van der Waals surface area (Å²) >= 11 is 3.42. The van der Waals surface area contributed by atoms with Crippen LogP contribution in [-0.2, 0) is 6.42 Å². The van der Waals surface area contributed by atoms with Crippen molar-refractivity contribution < 1.29 is 0 Å². The number of hydrogen-bond acceptors (Lipinski definition) is 4. The van der Waals surface area contributed by atoms with Gasteiger partial charge in [0.25, 0.3) is 0 Å². The van der Waals surface area contributed by atoms with Gasteiger partial charge in [0.15, 0.2) is 0 Å². The van der Waals surface area contributed by atoms with E-state index < -0.39 is 0 Å². The molecular formula is C13H15BrN4. The number of hydrazine groups is 1. The molecule has 0 radical (unpaired) electrons. The van der Waals surface area contributed by atoms with Gasteiger partial charge in [-0.15, -0.1) is 0 Å². The molecule has 4 nitrogen and oxygen atoms in total. The van der Waals surface area contributed by atoms with Crippen LogP contribution in [0, 0.1) is 6.92 Å². The molecule has 0 aliphatic heterocycles. The Bertz CT molecular complexity index is 530. The minimum Gasteiger partial charge on any atom is -0.271 e. The Morgan fingerprint density at radius 2 is 2.28 bits per heavy atom. The fourth-order valence-corrected chi connectivity index (χ4v) is 2.34. The highest BCUT2D eigenvalue weighted by Gasteiger charge is 2.13. The zero-order valence-corrected chi connectivity index (χ0v) is 11.7. The number of nitrogens with zero attached hydrogens (tertiary/aromatic N) is 2. The molecule has 94 valence electrons. The van der Waals surface area contributed by atoms with Crippen LogP contribution in [0.5, 0.6) is 0 Å². The Kier molecular flexibility index (Phi) is 4.41. The number of pyridine rings is 2. The van der Waals surface area contributed by atoms with Gasteiger partial charge < -0.3 is 0 Å². The molecule has 5 heteroatoms. The monoisotopic (exact) mass is 306 g/mol. The average Bonchev–Trinajstić information content (AvgIpc) is 2.37. The van der Waals surface area contributed by atoms with E-state index in [1.54, 1.807) is 12.4 Å². The Labute approximate surface area is 115 Å². The lowest BCUT2D eigenvalue weighted by Crippen LogP contribution is -2.30. The number of nitrogens with one attached hydrogen (secondary N) is 1. The number of rotatable bonds is 4. The van der Waals surface area contributed by atoms with E-state index in [1.807, 2.05) is 31.3 Å². The molecule has 2 aromatic rings. The van der Waals surface area contributed by atoms with Crippen LogP contribution in [0.15, 0.2) is 41.3 Å². The average molecular weight is 307 g/mol. The Morgan fingerprint density at radius 3 is 2.94 bits per heavy atom. The number of hydrogen-bond donors (Lipinski definition) is 2. The van der Waals surface area contributed by atoms with Crippen LogP contribution in [-0.4, -0.2) is 9.97 Å². The second-order valence-electron chi connectivity index (χ2n) is 4.11. The van der Waals surface area contributed by atoms with E-state index in [-0.39, 0.29) is 6.04 Å². The van der Waals surface area contributed by atoms with Gasteiger partial charge in [-0.2, -0.15) is 0 Å². The maximum Gasteiger partial charge on any atom is 0.0518 e. The molecule has 0 spiro atoms. The van der Waals surface area contributed by atoms with E-state index in [2.05, 4.69) is 31.3 Å². The van der Waals surface area contributed by atoms with Crippen LogP contribution >= 0.6 is 15.9 Å². The van der Waals surface area contributed by atoms with E-state index >= 15 is 0 Å². The van der Waals surface area contributed by atoms with Crippen molar-refractivity contribution in [3.05, 3.63) is 58.1 Å². The molecule has 0 aromatic carbocycles. The summed E-state index contributed by atoms with van der Waals surface area (Å²) in [6, 6.07) is 6.04. The lowest BCUT2D eigenvalue weighted by molar-refractivity contribution is 0.546.